The van der Waals surface area contributed by atoms with E-state index in [2.05, 4.69) is 10.1 Å². The third-order valence-electron chi connectivity index (χ3n) is 4.52. The highest BCUT2D eigenvalue weighted by Gasteiger charge is 2.66. The molecule has 0 saturated carbocycles. The summed E-state index contributed by atoms with van der Waals surface area (Å²) in [5.74, 6) is -5.66. The standard InChI is InChI=1S/C17H12ClF3N4O5S3/c1-33(28,29)25-12(11(15(25)27)17(19,20)21)13-22-16(31-7-8-4-5-10(18)32-8)24(23-13)14(26)9-3-2-6-30-9/h2-6,11-12H,7H2,1H3. The first-order valence-corrected chi connectivity index (χ1v) is 12.9. The lowest BCUT2D eigenvalue weighted by molar-refractivity contribution is -0.218. The minimum absolute atomic E-state index is 0.0791. The van der Waals surface area contributed by atoms with E-state index in [1.54, 1.807) is 12.1 Å². The van der Waals surface area contributed by atoms with E-state index < -0.39 is 45.8 Å². The van der Waals surface area contributed by atoms with Crippen LogP contribution in [0.2, 0.25) is 4.34 Å². The van der Waals surface area contributed by atoms with E-state index in [0.717, 1.165) is 21.3 Å². The van der Waals surface area contributed by atoms with Crippen LogP contribution in [0.5, 0.6) is 0 Å². The smallest absolute Gasteiger partial charge is 0.403 e. The second kappa shape index (κ2) is 8.45. The van der Waals surface area contributed by atoms with E-state index in [9.17, 15) is 31.2 Å². The first-order valence-electron chi connectivity index (χ1n) is 8.90. The van der Waals surface area contributed by atoms with Gasteiger partial charge in [-0.05, 0) is 24.3 Å². The second-order valence-electron chi connectivity index (χ2n) is 6.80. The highest BCUT2D eigenvalue weighted by atomic mass is 35.5. The van der Waals surface area contributed by atoms with Gasteiger partial charge in [-0.15, -0.1) is 16.4 Å². The van der Waals surface area contributed by atoms with Gasteiger partial charge in [0, 0.05) is 10.6 Å². The molecule has 0 aromatic carbocycles. The zero-order chi connectivity index (χ0) is 24.1. The number of β-lactam (4-membered cyclic amide) rings is 1. The molecule has 1 amide bonds. The molecule has 176 valence electrons. The van der Waals surface area contributed by atoms with Crippen LogP contribution in [0.3, 0.4) is 0 Å². The van der Waals surface area contributed by atoms with Gasteiger partial charge in [0.15, 0.2) is 22.7 Å². The summed E-state index contributed by atoms with van der Waals surface area (Å²) < 4.78 is 70.9. The molecule has 0 bridgehead atoms. The number of carbonyl (C=O) groups is 2. The third-order valence-corrected chi connectivity index (χ3v) is 8.03. The summed E-state index contributed by atoms with van der Waals surface area (Å²) >= 11 is 8.14. The number of aromatic nitrogens is 3. The predicted octanol–water partition coefficient (Wildman–Crippen LogP) is 3.59. The number of amides is 1. The summed E-state index contributed by atoms with van der Waals surface area (Å²) in [6, 6.07) is 4.11. The number of carbonyl (C=O) groups excluding carboxylic acids is 2. The van der Waals surface area contributed by atoms with E-state index in [4.69, 9.17) is 16.0 Å². The lowest BCUT2D eigenvalue weighted by Crippen LogP contribution is -2.62. The number of furan rings is 1. The number of thioether (sulfide) groups is 1. The average molecular weight is 541 g/mol. The lowest BCUT2D eigenvalue weighted by atomic mass is 9.89. The molecule has 3 aromatic heterocycles. The first kappa shape index (κ1) is 23.8. The molecule has 4 heterocycles. The molecule has 3 aromatic rings. The van der Waals surface area contributed by atoms with Crippen LogP contribution in [0, 0.1) is 5.92 Å². The van der Waals surface area contributed by atoms with E-state index in [1.165, 1.54) is 29.7 Å². The topological polar surface area (TPSA) is 115 Å². The molecule has 9 nitrogen and oxygen atoms in total. The predicted molar refractivity (Wildman–Crippen MR) is 111 cm³/mol. The van der Waals surface area contributed by atoms with Crippen LogP contribution in [0.15, 0.2) is 40.1 Å². The number of halogens is 4. The van der Waals surface area contributed by atoms with Crippen LogP contribution in [0.1, 0.15) is 27.3 Å². The maximum atomic E-state index is 13.5. The minimum atomic E-state index is -5.04. The number of hydrogen-bond acceptors (Lipinski definition) is 9. The summed E-state index contributed by atoms with van der Waals surface area (Å²) in [5, 5.41) is 3.75. The largest absolute Gasteiger partial charge is 0.459 e. The van der Waals surface area contributed by atoms with Crippen molar-refractivity contribution in [2.75, 3.05) is 6.26 Å². The van der Waals surface area contributed by atoms with E-state index in [1.807, 2.05) is 0 Å². The fraction of sp³-hybridized carbons (Fsp3) is 0.294. The van der Waals surface area contributed by atoms with Crippen molar-refractivity contribution in [2.24, 2.45) is 5.92 Å². The Balaban J connectivity index is 1.75. The minimum Gasteiger partial charge on any atom is -0.459 e. The van der Waals surface area contributed by atoms with Gasteiger partial charge in [0.25, 0.3) is 5.91 Å². The Bertz CT molecular complexity index is 1320. The first-order chi connectivity index (χ1) is 15.4. The molecule has 0 spiro atoms. The van der Waals surface area contributed by atoms with E-state index in [0.29, 0.717) is 10.6 Å². The number of thiophene rings is 1. The molecule has 4 rings (SSSR count). The average Bonchev–Trinajstić information content (AvgIpc) is 3.42. The van der Waals surface area contributed by atoms with Crippen molar-refractivity contribution in [3.05, 3.63) is 51.3 Å². The van der Waals surface area contributed by atoms with Crippen molar-refractivity contribution >= 4 is 56.5 Å². The Morgan fingerprint density at radius 2 is 2.06 bits per heavy atom. The Morgan fingerprint density at radius 3 is 2.61 bits per heavy atom. The van der Waals surface area contributed by atoms with Crippen molar-refractivity contribution in [1.29, 1.82) is 0 Å². The van der Waals surface area contributed by atoms with Gasteiger partial charge in [-0.2, -0.15) is 17.9 Å². The van der Waals surface area contributed by atoms with E-state index >= 15 is 0 Å². The highest BCUT2D eigenvalue weighted by Crippen LogP contribution is 2.49. The molecule has 1 fully saturated rings. The van der Waals surface area contributed by atoms with Crippen LogP contribution in [-0.4, -0.2) is 51.7 Å². The van der Waals surface area contributed by atoms with Crippen LogP contribution >= 0.6 is 34.7 Å². The number of sulfonamides is 1. The molecular formula is C17H12ClF3N4O5S3. The Labute approximate surface area is 197 Å². The summed E-state index contributed by atoms with van der Waals surface area (Å²) in [6.07, 6.45) is -3.21. The molecular weight excluding hydrogens is 529 g/mol. The van der Waals surface area contributed by atoms with Crippen LogP contribution in [0.4, 0.5) is 13.2 Å². The number of nitrogens with zero attached hydrogens (tertiary/aromatic N) is 4. The van der Waals surface area contributed by atoms with Crippen molar-refractivity contribution in [2.45, 2.75) is 23.1 Å². The van der Waals surface area contributed by atoms with Gasteiger partial charge in [-0.3, -0.25) is 9.59 Å². The molecule has 0 radical (unpaired) electrons. The lowest BCUT2D eigenvalue weighted by Gasteiger charge is -2.43. The van der Waals surface area contributed by atoms with Gasteiger partial charge in [0.2, 0.25) is 10.0 Å². The monoisotopic (exact) mass is 540 g/mol. The maximum Gasteiger partial charge on any atom is 0.403 e. The molecule has 16 heteroatoms. The zero-order valence-electron chi connectivity index (χ0n) is 16.3. The molecule has 2 atom stereocenters. The normalized spacial score (nSPS) is 19.1. The Kier molecular flexibility index (Phi) is 6.09. The molecule has 0 aliphatic carbocycles. The SMILES string of the molecule is CS(=O)(=O)N1C(=O)C(C(F)(F)F)C1c1nc(SCc2ccc(Cl)s2)n(C(=O)c2ccco2)n1. The summed E-state index contributed by atoms with van der Waals surface area (Å²) in [6.45, 7) is 0. The second-order valence-corrected chi connectivity index (χ2v) is 11.4. The molecule has 33 heavy (non-hydrogen) atoms. The fourth-order valence-corrected chi connectivity index (χ4v) is 6.27. The maximum absolute atomic E-state index is 13.5. The van der Waals surface area contributed by atoms with Crippen molar-refractivity contribution in [3.8, 4) is 0 Å². The quantitative estimate of drug-likeness (QED) is 0.344. The third kappa shape index (κ3) is 4.54. The molecule has 1 aliphatic rings. The fourth-order valence-electron chi connectivity index (χ4n) is 3.14. The Morgan fingerprint density at radius 1 is 1.33 bits per heavy atom. The van der Waals surface area contributed by atoms with Crippen molar-refractivity contribution in [1.82, 2.24) is 19.1 Å². The highest BCUT2D eigenvalue weighted by molar-refractivity contribution is 7.98. The number of hydrogen-bond donors (Lipinski definition) is 0. The van der Waals surface area contributed by atoms with Crippen LogP contribution < -0.4 is 0 Å². The van der Waals surface area contributed by atoms with Gasteiger partial charge in [-0.1, -0.05) is 23.4 Å². The summed E-state index contributed by atoms with van der Waals surface area (Å²) in [7, 11) is -4.35. The van der Waals surface area contributed by atoms with E-state index in [-0.39, 0.29) is 21.0 Å². The van der Waals surface area contributed by atoms with Gasteiger partial charge < -0.3 is 4.42 Å². The number of rotatable bonds is 6. The zero-order valence-corrected chi connectivity index (χ0v) is 19.5. The number of alkyl halides is 3. The van der Waals surface area contributed by atoms with Crippen LogP contribution in [-0.2, 0) is 20.6 Å². The molecule has 2 unspecified atom stereocenters. The Hall–Kier alpha value is -2.36. The van der Waals surface area contributed by atoms with Crippen molar-refractivity contribution < 1.29 is 35.6 Å². The molecule has 0 N–H and O–H groups in total. The molecule has 1 saturated heterocycles. The summed E-state index contributed by atoms with van der Waals surface area (Å²) in [4.78, 5) is 29.7. The van der Waals surface area contributed by atoms with Crippen LogP contribution in [0.25, 0.3) is 0 Å². The van der Waals surface area contributed by atoms with Gasteiger partial charge in [0.1, 0.15) is 6.04 Å². The summed E-state index contributed by atoms with van der Waals surface area (Å²) in [5.41, 5.74) is 0. The molecule has 1 aliphatic heterocycles. The van der Waals surface area contributed by atoms with Gasteiger partial charge in [0.05, 0.1) is 16.9 Å². The van der Waals surface area contributed by atoms with Gasteiger partial charge in [-0.25, -0.2) is 17.7 Å². The van der Waals surface area contributed by atoms with Crippen molar-refractivity contribution in [3.63, 3.8) is 0 Å². The van der Waals surface area contributed by atoms with Gasteiger partial charge >= 0.3 is 12.1 Å².